The topological polar surface area (TPSA) is 13.0 Å². The van der Waals surface area contributed by atoms with Crippen LogP contribution < -0.4 is 19.6 Å². The van der Waals surface area contributed by atoms with Crippen molar-refractivity contribution in [2.24, 2.45) is 0 Å². The maximum absolute atomic E-state index is 2.36. The molecule has 0 spiro atoms. The van der Waals surface area contributed by atoms with Gasteiger partial charge in [-0.25, -0.2) is 0 Å². The van der Waals surface area contributed by atoms with Crippen LogP contribution in [0.3, 0.4) is 0 Å². The number of benzene rings is 17. The number of hydrogen-bond donors (Lipinski definition) is 0. The largest absolute Gasteiger partial charge is 0.345 e. The molecule has 17 aromatic carbocycles. The van der Waals surface area contributed by atoms with Crippen molar-refractivity contribution in [2.75, 3.05) is 33.7 Å². The van der Waals surface area contributed by atoms with Crippen molar-refractivity contribution in [3.63, 3.8) is 0 Å². The first kappa shape index (κ1) is 58.6. The van der Waals surface area contributed by atoms with Gasteiger partial charge in [0.1, 0.15) is 0 Å². The third-order valence-corrected chi connectivity index (χ3v) is 18.8. The first-order valence-electron chi connectivity index (χ1n) is 32.9. The van der Waals surface area contributed by atoms with Gasteiger partial charge in [0.25, 0.3) is 0 Å². The molecule has 456 valence electrons. The van der Waals surface area contributed by atoms with E-state index in [4.69, 9.17) is 0 Å². The monoisotopic (exact) mass is 1230 g/mol. The Labute approximate surface area is 561 Å². The minimum absolute atomic E-state index is 1.12. The predicted molar refractivity (Wildman–Crippen MR) is 413 cm³/mol. The zero-order valence-electron chi connectivity index (χ0n) is 53.6. The Morgan fingerprint density at radius 1 is 0.156 bits per heavy atom. The number of rotatable bonds is 13. The fourth-order valence-electron chi connectivity index (χ4n) is 13.7. The standard InChI is InChI=1S/C47H34N2.C45H34N2/c1-48(47-45-16-8-6-14-39(45)30-40-15-7-9-17-46(40)47)41-24-18-35(19-25-41)36-20-26-42(27-21-36)49(43-28-22-33-10-2-4-12-37(33)31-43)44-29-23-34-11-3-5-13-38(34)32-44;1-46(43-17-9-16-40(30-43)33-10-3-2-4-11-33)41-24-18-36(19-25-41)37-20-26-42(27-21-37)47(44-28-22-34-12-5-7-14-38(34)31-44)45-29-23-35-13-6-8-15-39(35)32-45/h2-32H,1H3;2-32H,1H3. The molecule has 0 aliphatic heterocycles. The molecule has 0 aliphatic carbocycles. The zero-order valence-corrected chi connectivity index (χ0v) is 53.6. The third kappa shape index (κ3) is 11.8. The van der Waals surface area contributed by atoms with Gasteiger partial charge in [-0.05, 0) is 203 Å². The number of fused-ring (bicyclic) bond motifs is 6. The summed E-state index contributed by atoms with van der Waals surface area (Å²) in [5, 5.41) is 14.9. The van der Waals surface area contributed by atoms with Crippen LogP contribution in [0.5, 0.6) is 0 Å². The van der Waals surface area contributed by atoms with E-state index in [0.717, 1.165) is 51.2 Å². The lowest BCUT2D eigenvalue weighted by molar-refractivity contribution is 1.21. The van der Waals surface area contributed by atoms with E-state index in [-0.39, 0.29) is 0 Å². The normalized spacial score (nSPS) is 11.2. The SMILES string of the molecule is CN(c1ccc(-c2ccc(N(c3ccc4ccccc4c3)c3ccc4ccccc4c3)cc2)cc1)c1c2ccccc2cc2ccccc12.CN(c1ccc(-c2ccc(N(c3ccc4ccccc4c3)c3ccc4ccccc4c3)cc2)cc1)c1cccc(-c2ccccc2)c1. The van der Waals surface area contributed by atoms with Gasteiger partial charge in [-0.2, -0.15) is 0 Å². The van der Waals surface area contributed by atoms with E-state index in [2.05, 4.69) is 410 Å². The Morgan fingerprint density at radius 2 is 0.438 bits per heavy atom. The quantitative estimate of drug-likeness (QED) is 0.107. The molecule has 4 heteroatoms. The Hall–Kier alpha value is -12.5. The van der Waals surface area contributed by atoms with Gasteiger partial charge in [-0.3, -0.25) is 0 Å². The molecule has 0 amide bonds. The molecule has 0 unspecified atom stereocenters. The van der Waals surface area contributed by atoms with Gasteiger partial charge in [-0.15, -0.1) is 0 Å². The average molecular weight is 1230 g/mol. The summed E-state index contributed by atoms with van der Waals surface area (Å²) in [6, 6.07) is 136. The lowest BCUT2D eigenvalue weighted by atomic mass is 9.99. The van der Waals surface area contributed by atoms with Crippen molar-refractivity contribution in [1.29, 1.82) is 0 Å². The summed E-state index contributed by atoms with van der Waals surface area (Å²) in [5.41, 5.74) is 18.7. The van der Waals surface area contributed by atoms with E-state index in [1.165, 1.54) is 104 Å². The van der Waals surface area contributed by atoms with Gasteiger partial charge in [0, 0.05) is 76.1 Å². The van der Waals surface area contributed by atoms with Gasteiger partial charge in [0.2, 0.25) is 0 Å². The van der Waals surface area contributed by atoms with Crippen molar-refractivity contribution in [3.8, 4) is 33.4 Å². The van der Waals surface area contributed by atoms with Crippen LogP contribution in [0, 0.1) is 0 Å². The Bertz CT molecular complexity index is 5420. The molecule has 17 aromatic rings. The highest BCUT2D eigenvalue weighted by Gasteiger charge is 2.19. The minimum Gasteiger partial charge on any atom is -0.345 e. The van der Waals surface area contributed by atoms with E-state index in [9.17, 15) is 0 Å². The molecule has 0 atom stereocenters. The Balaban J connectivity index is 0.000000151. The second-order valence-electron chi connectivity index (χ2n) is 24.7. The van der Waals surface area contributed by atoms with Crippen LogP contribution >= 0.6 is 0 Å². The molecule has 4 nitrogen and oxygen atoms in total. The molecular weight excluding hydrogens is 1160 g/mol. The van der Waals surface area contributed by atoms with Crippen LogP contribution in [0.2, 0.25) is 0 Å². The molecule has 0 radical (unpaired) electrons. The Morgan fingerprint density at radius 3 is 0.812 bits per heavy atom. The zero-order chi connectivity index (χ0) is 64.3. The molecule has 0 fully saturated rings. The van der Waals surface area contributed by atoms with E-state index in [0.29, 0.717) is 0 Å². The van der Waals surface area contributed by atoms with Crippen molar-refractivity contribution < 1.29 is 0 Å². The van der Waals surface area contributed by atoms with Crippen molar-refractivity contribution in [2.45, 2.75) is 0 Å². The van der Waals surface area contributed by atoms with Gasteiger partial charge in [0.15, 0.2) is 0 Å². The van der Waals surface area contributed by atoms with E-state index in [1.54, 1.807) is 0 Å². The van der Waals surface area contributed by atoms with Gasteiger partial charge in [0.05, 0.1) is 5.69 Å². The second-order valence-corrected chi connectivity index (χ2v) is 24.7. The molecular formula is C92H68N4. The minimum atomic E-state index is 1.12. The highest BCUT2D eigenvalue weighted by Crippen LogP contribution is 2.43. The molecule has 0 bridgehead atoms. The van der Waals surface area contributed by atoms with Gasteiger partial charge >= 0.3 is 0 Å². The van der Waals surface area contributed by atoms with Crippen LogP contribution in [0.4, 0.5) is 56.9 Å². The number of anilines is 10. The molecule has 96 heavy (non-hydrogen) atoms. The highest BCUT2D eigenvalue weighted by molar-refractivity contribution is 6.12. The van der Waals surface area contributed by atoms with E-state index >= 15 is 0 Å². The van der Waals surface area contributed by atoms with Crippen LogP contribution in [-0.2, 0) is 0 Å². The summed E-state index contributed by atoms with van der Waals surface area (Å²) in [7, 11) is 4.30. The molecule has 0 aliphatic rings. The second kappa shape index (κ2) is 25.9. The highest BCUT2D eigenvalue weighted by atomic mass is 15.1. The summed E-state index contributed by atoms with van der Waals surface area (Å²) in [5.74, 6) is 0. The molecule has 0 saturated heterocycles. The van der Waals surface area contributed by atoms with Crippen molar-refractivity contribution >= 4 is 122 Å². The molecule has 17 rings (SSSR count). The fourth-order valence-corrected chi connectivity index (χ4v) is 13.7. The van der Waals surface area contributed by atoms with Gasteiger partial charge < -0.3 is 19.6 Å². The van der Waals surface area contributed by atoms with Crippen LogP contribution in [0.1, 0.15) is 0 Å². The van der Waals surface area contributed by atoms with E-state index < -0.39 is 0 Å². The number of hydrogen-bond acceptors (Lipinski definition) is 4. The third-order valence-electron chi connectivity index (χ3n) is 18.8. The maximum atomic E-state index is 2.36. The summed E-state index contributed by atoms with van der Waals surface area (Å²) in [6.07, 6.45) is 0. The van der Waals surface area contributed by atoms with E-state index in [1.807, 2.05) is 0 Å². The summed E-state index contributed by atoms with van der Waals surface area (Å²) < 4.78 is 0. The van der Waals surface area contributed by atoms with Crippen LogP contribution in [0.25, 0.3) is 98.0 Å². The lowest BCUT2D eigenvalue weighted by Gasteiger charge is -2.26. The Kier molecular flexibility index (Phi) is 15.8. The first-order valence-corrected chi connectivity index (χ1v) is 32.9. The van der Waals surface area contributed by atoms with Crippen molar-refractivity contribution in [1.82, 2.24) is 0 Å². The molecule has 0 saturated carbocycles. The van der Waals surface area contributed by atoms with Gasteiger partial charge in [-0.1, -0.05) is 261 Å². The first-order chi connectivity index (χ1) is 47.4. The molecule has 0 aromatic heterocycles. The summed E-state index contributed by atoms with van der Waals surface area (Å²) in [6.45, 7) is 0. The summed E-state index contributed by atoms with van der Waals surface area (Å²) in [4.78, 5) is 9.27. The molecule has 0 heterocycles. The lowest BCUT2D eigenvalue weighted by Crippen LogP contribution is -2.10. The smallest absolute Gasteiger partial charge is 0.0567 e. The maximum Gasteiger partial charge on any atom is 0.0567 e. The average Bonchev–Trinajstić information content (AvgIpc) is 0.780. The predicted octanol–water partition coefficient (Wildman–Crippen LogP) is 25.8. The summed E-state index contributed by atoms with van der Waals surface area (Å²) >= 11 is 0. The fraction of sp³-hybridized carbons (Fsp3) is 0.0217. The van der Waals surface area contributed by atoms with Crippen molar-refractivity contribution in [3.05, 3.63) is 376 Å². The number of nitrogens with zero attached hydrogens (tertiary/aromatic N) is 4. The van der Waals surface area contributed by atoms with Crippen LogP contribution in [0.15, 0.2) is 376 Å². The van der Waals surface area contributed by atoms with Crippen LogP contribution in [-0.4, -0.2) is 14.1 Å². The molecule has 0 N–H and O–H groups in total.